The Kier molecular flexibility index (Phi) is 48.9. The van der Waals surface area contributed by atoms with E-state index >= 15 is 0 Å². The highest BCUT2D eigenvalue weighted by molar-refractivity contribution is 4.62. The zero-order valence-electron chi connectivity index (χ0n) is 34.3. The van der Waals surface area contributed by atoms with Gasteiger partial charge in [0.1, 0.15) is 0 Å². The Balaban J connectivity index is 0. The van der Waals surface area contributed by atoms with Crippen LogP contribution in [0.15, 0.2) is 0 Å². The maximum Gasteiger partial charge on any atom is 0.0433 e. The summed E-state index contributed by atoms with van der Waals surface area (Å²) in [6.07, 6.45) is 52.6. The summed E-state index contributed by atoms with van der Waals surface area (Å²) in [5, 5.41) is 18.5. The normalized spacial score (nSPS) is 11.5. The van der Waals surface area contributed by atoms with E-state index in [0.717, 1.165) is 24.7 Å². The predicted molar refractivity (Wildman–Crippen MR) is 219 cm³/mol. The van der Waals surface area contributed by atoms with E-state index in [1.54, 1.807) is 0 Å². The second-order valence-electron chi connectivity index (χ2n) is 15.8. The summed E-state index contributed by atoms with van der Waals surface area (Å²) >= 11 is 0. The smallest absolute Gasteiger partial charge is 0.0433 e. The van der Waals surface area contributed by atoms with Gasteiger partial charge < -0.3 is 10.2 Å². The van der Waals surface area contributed by atoms with Crippen molar-refractivity contribution in [2.45, 2.75) is 272 Å². The average molecular weight is 681 g/mol. The highest BCUT2D eigenvalue weighted by Crippen LogP contribution is 2.23. The molecule has 0 rings (SSSR count). The van der Waals surface area contributed by atoms with Crippen LogP contribution in [0.1, 0.15) is 272 Å². The van der Waals surface area contributed by atoms with Gasteiger partial charge in [0.15, 0.2) is 0 Å². The number of aliphatic hydroxyl groups excluding tert-OH is 2. The Labute approximate surface area is 306 Å². The fourth-order valence-corrected chi connectivity index (χ4v) is 7.50. The van der Waals surface area contributed by atoms with E-state index in [1.807, 2.05) is 0 Å². The topological polar surface area (TPSA) is 40.5 Å². The third-order valence-electron chi connectivity index (χ3n) is 10.9. The average Bonchev–Trinajstić information content (AvgIpc) is 3.09. The molecule has 0 aromatic rings. The zero-order valence-corrected chi connectivity index (χ0v) is 34.3. The first-order chi connectivity index (χ1) is 23.7. The van der Waals surface area contributed by atoms with Gasteiger partial charge >= 0.3 is 0 Å². The van der Waals surface area contributed by atoms with Gasteiger partial charge in [0.25, 0.3) is 0 Å². The Morgan fingerprint density at radius 3 is 0.562 bits per heavy atom. The van der Waals surface area contributed by atoms with Crippen LogP contribution in [0.3, 0.4) is 0 Å². The highest BCUT2D eigenvalue weighted by Gasteiger charge is 2.09. The molecule has 0 bridgehead atoms. The van der Waals surface area contributed by atoms with Crippen LogP contribution in [-0.4, -0.2) is 23.4 Å². The van der Waals surface area contributed by atoms with Gasteiger partial charge in [-0.2, -0.15) is 0 Å². The van der Waals surface area contributed by atoms with Crippen molar-refractivity contribution >= 4 is 0 Å². The molecule has 0 aliphatic carbocycles. The summed E-state index contributed by atoms with van der Waals surface area (Å²) in [7, 11) is 0. The second-order valence-corrected chi connectivity index (χ2v) is 15.8. The minimum Gasteiger partial charge on any atom is -0.396 e. The van der Waals surface area contributed by atoms with Gasteiger partial charge in [0.2, 0.25) is 0 Å². The predicted octanol–water partition coefficient (Wildman–Crippen LogP) is 16.1. The monoisotopic (exact) mass is 681 g/mol. The number of rotatable bonds is 40. The Bertz CT molecular complexity index is 480. The van der Waals surface area contributed by atoms with Crippen molar-refractivity contribution in [1.29, 1.82) is 0 Å². The molecule has 0 heterocycles. The summed E-state index contributed by atoms with van der Waals surface area (Å²) in [4.78, 5) is 0. The lowest BCUT2D eigenvalue weighted by molar-refractivity contribution is 0.241. The van der Waals surface area contributed by atoms with Crippen molar-refractivity contribution in [1.82, 2.24) is 0 Å². The van der Waals surface area contributed by atoms with Crippen molar-refractivity contribution in [3.05, 3.63) is 0 Å². The minimum absolute atomic E-state index is 0.385. The van der Waals surface area contributed by atoms with Gasteiger partial charge in [0, 0.05) is 13.2 Å². The van der Waals surface area contributed by atoms with E-state index in [0.29, 0.717) is 13.2 Å². The number of hydrogen-bond donors (Lipinski definition) is 2. The van der Waals surface area contributed by atoms with Gasteiger partial charge in [-0.3, -0.25) is 0 Å². The molecule has 0 fully saturated rings. The fourth-order valence-electron chi connectivity index (χ4n) is 7.50. The largest absolute Gasteiger partial charge is 0.396 e. The van der Waals surface area contributed by atoms with E-state index in [2.05, 4.69) is 27.7 Å². The second kappa shape index (κ2) is 46.9. The van der Waals surface area contributed by atoms with Crippen molar-refractivity contribution in [3.8, 4) is 0 Å². The van der Waals surface area contributed by atoms with Gasteiger partial charge in [0.05, 0.1) is 0 Å². The molecular formula is C46H96O2. The lowest BCUT2D eigenvalue weighted by Gasteiger charge is -2.15. The number of hydrogen-bond acceptors (Lipinski definition) is 2. The van der Waals surface area contributed by atoms with E-state index in [4.69, 9.17) is 0 Å². The van der Waals surface area contributed by atoms with E-state index in [1.165, 1.54) is 231 Å². The molecule has 2 heteroatoms. The van der Waals surface area contributed by atoms with Crippen molar-refractivity contribution < 1.29 is 10.2 Å². The standard InChI is InChI=1S/C27H56O.C19H40O/c1-3-5-7-9-11-13-15-17-19-21-23-27(25-26-28)24-22-20-18-16-14-12-10-8-6-4-2;1-3-5-7-9-11-13-15-19(17-18-20)16-14-12-10-8-6-4-2/h27-28H,3-26H2,1-2H3;19-20H,3-18H2,1-2H3. The summed E-state index contributed by atoms with van der Waals surface area (Å²) < 4.78 is 0. The molecule has 0 unspecified atom stereocenters. The third kappa shape index (κ3) is 43.9. The van der Waals surface area contributed by atoms with Crippen molar-refractivity contribution in [3.63, 3.8) is 0 Å². The maximum atomic E-state index is 9.36. The van der Waals surface area contributed by atoms with Crippen LogP contribution in [0.2, 0.25) is 0 Å². The van der Waals surface area contributed by atoms with Crippen LogP contribution in [0.25, 0.3) is 0 Å². The Hall–Kier alpha value is -0.0800. The number of aliphatic hydroxyl groups is 2. The Morgan fingerprint density at radius 1 is 0.229 bits per heavy atom. The third-order valence-corrected chi connectivity index (χ3v) is 10.9. The maximum absolute atomic E-state index is 9.36. The molecule has 2 nitrogen and oxygen atoms in total. The first-order valence-corrected chi connectivity index (χ1v) is 22.9. The highest BCUT2D eigenvalue weighted by atomic mass is 16.3. The molecule has 0 radical (unpaired) electrons. The van der Waals surface area contributed by atoms with Crippen LogP contribution < -0.4 is 0 Å². The van der Waals surface area contributed by atoms with E-state index < -0.39 is 0 Å². The summed E-state index contributed by atoms with van der Waals surface area (Å²) in [5.41, 5.74) is 0. The molecule has 0 saturated heterocycles. The molecule has 292 valence electrons. The molecule has 0 aliphatic heterocycles. The van der Waals surface area contributed by atoms with Crippen LogP contribution in [-0.2, 0) is 0 Å². The summed E-state index contributed by atoms with van der Waals surface area (Å²) in [5.74, 6) is 1.57. The SMILES string of the molecule is CCCCCCCCC(CCO)CCCCCCCC.CCCCCCCCCCCCC(CCO)CCCCCCCCCCCC. The van der Waals surface area contributed by atoms with E-state index in [-0.39, 0.29) is 0 Å². The molecule has 0 aliphatic rings. The van der Waals surface area contributed by atoms with Crippen molar-refractivity contribution in [2.75, 3.05) is 13.2 Å². The molecule has 0 atom stereocenters. The zero-order chi connectivity index (χ0) is 35.4. The molecule has 0 spiro atoms. The summed E-state index contributed by atoms with van der Waals surface area (Å²) in [6.45, 7) is 9.91. The molecular weight excluding hydrogens is 585 g/mol. The quantitative estimate of drug-likeness (QED) is 0.0632. The van der Waals surface area contributed by atoms with Crippen LogP contribution in [0.5, 0.6) is 0 Å². The van der Waals surface area contributed by atoms with Gasteiger partial charge in [-0.05, 0) is 24.7 Å². The van der Waals surface area contributed by atoms with Crippen molar-refractivity contribution in [2.24, 2.45) is 11.8 Å². The van der Waals surface area contributed by atoms with Crippen LogP contribution >= 0.6 is 0 Å². The fraction of sp³-hybridized carbons (Fsp3) is 1.00. The van der Waals surface area contributed by atoms with Gasteiger partial charge in [-0.25, -0.2) is 0 Å². The first kappa shape index (κ1) is 50.0. The lowest BCUT2D eigenvalue weighted by atomic mass is 9.91. The first-order valence-electron chi connectivity index (χ1n) is 22.9. The van der Waals surface area contributed by atoms with E-state index in [9.17, 15) is 10.2 Å². The Morgan fingerprint density at radius 2 is 0.396 bits per heavy atom. The molecule has 0 amide bonds. The number of unbranched alkanes of at least 4 members (excludes halogenated alkanes) is 28. The lowest BCUT2D eigenvalue weighted by Crippen LogP contribution is -2.03. The van der Waals surface area contributed by atoms with Gasteiger partial charge in [-0.1, -0.05) is 259 Å². The molecule has 0 saturated carbocycles. The molecule has 48 heavy (non-hydrogen) atoms. The minimum atomic E-state index is 0.385. The molecule has 2 N–H and O–H groups in total. The molecule has 0 aromatic heterocycles. The summed E-state index contributed by atoms with van der Waals surface area (Å²) in [6, 6.07) is 0. The van der Waals surface area contributed by atoms with Crippen LogP contribution in [0.4, 0.5) is 0 Å². The van der Waals surface area contributed by atoms with Crippen LogP contribution in [0, 0.1) is 11.8 Å². The molecule has 0 aromatic carbocycles. The van der Waals surface area contributed by atoms with Gasteiger partial charge in [-0.15, -0.1) is 0 Å².